The topological polar surface area (TPSA) is 37.3 Å². The first-order chi connectivity index (χ1) is 11.4. The van der Waals surface area contributed by atoms with E-state index in [1.54, 1.807) is 0 Å². The van der Waals surface area contributed by atoms with Crippen molar-refractivity contribution in [3.63, 3.8) is 0 Å². The number of nitrogens with one attached hydrogen (secondary N) is 1. The second kappa shape index (κ2) is 6.21. The molecular formula is C20H19N3. The van der Waals surface area contributed by atoms with E-state index in [2.05, 4.69) is 52.8 Å². The van der Waals surface area contributed by atoms with Crippen molar-refractivity contribution < 1.29 is 0 Å². The fourth-order valence-electron chi connectivity index (χ4n) is 3.12. The highest BCUT2D eigenvalue weighted by Gasteiger charge is 2.18. The van der Waals surface area contributed by atoms with Crippen LogP contribution in [0.2, 0.25) is 0 Å². The summed E-state index contributed by atoms with van der Waals surface area (Å²) < 4.78 is 0. The Morgan fingerprint density at radius 3 is 2.70 bits per heavy atom. The number of pyridine rings is 1. The molecular weight excluding hydrogens is 282 g/mol. The van der Waals surface area contributed by atoms with Crippen LogP contribution in [-0.2, 0) is 6.42 Å². The van der Waals surface area contributed by atoms with E-state index in [1.807, 2.05) is 18.3 Å². The maximum absolute atomic E-state index is 4.78. The number of hydrogen-bond acceptors (Lipinski definition) is 2. The van der Waals surface area contributed by atoms with Crippen LogP contribution in [0, 0.1) is 0 Å². The molecule has 0 atom stereocenters. The molecule has 0 amide bonds. The van der Waals surface area contributed by atoms with E-state index >= 15 is 0 Å². The van der Waals surface area contributed by atoms with Crippen molar-refractivity contribution in [3.05, 3.63) is 72.1 Å². The minimum atomic E-state index is 0.847. The summed E-state index contributed by atoms with van der Waals surface area (Å²) in [5.41, 5.74) is 3.56. The van der Waals surface area contributed by atoms with Gasteiger partial charge in [-0.2, -0.15) is 0 Å². The van der Waals surface area contributed by atoms with Crippen LogP contribution in [0.4, 0.5) is 5.69 Å². The van der Waals surface area contributed by atoms with Crippen LogP contribution in [0.25, 0.3) is 10.8 Å². The molecule has 0 fully saturated rings. The number of aromatic nitrogens is 1. The smallest absolute Gasteiger partial charge is 0.133 e. The average Bonchev–Trinajstić information content (AvgIpc) is 2.96. The highest BCUT2D eigenvalue weighted by Crippen LogP contribution is 2.32. The third-order valence-electron chi connectivity index (χ3n) is 4.25. The molecule has 1 N–H and O–H groups in total. The monoisotopic (exact) mass is 301 g/mol. The number of nitrogens with zero attached hydrogens (tertiary/aromatic N) is 2. The van der Waals surface area contributed by atoms with Crippen molar-refractivity contribution in [1.82, 2.24) is 4.98 Å². The van der Waals surface area contributed by atoms with Gasteiger partial charge in [-0.3, -0.25) is 9.98 Å². The van der Waals surface area contributed by atoms with Crippen LogP contribution in [0.3, 0.4) is 0 Å². The van der Waals surface area contributed by atoms with Gasteiger partial charge in [0, 0.05) is 35.1 Å². The van der Waals surface area contributed by atoms with Crippen LogP contribution >= 0.6 is 0 Å². The molecule has 0 unspecified atom stereocenters. The molecule has 3 aromatic rings. The van der Waals surface area contributed by atoms with Crippen molar-refractivity contribution in [1.29, 1.82) is 0 Å². The Bertz CT molecular complexity index is 848. The maximum atomic E-state index is 4.78. The SMILES string of the molecule is c1ccc(CCCCN=C2Nc3cccc4cccc2c34)nc1. The Kier molecular flexibility index (Phi) is 3.76. The van der Waals surface area contributed by atoms with Crippen molar-refractivity contribution in [2.75, 3.05) is 11.9 Å². The first-order valence-electron chi connectivity index (χ1n) is 8.15. The largest absolute Gasteiger partial charge is 0.339 e. The molecule has 0 saturated heterocycles. The molecule has 1 aliphatic rings. The van der Waals surface area contributed by atoms with Crippen LogP contribution < -0.4 is 5.32 Å². The Morgan fingerprint density at radius 2 is 1.83 bits per heavy atom. The lowest BCUT2D eigenvalue weighted by Gasteiger charge is -2.02. The van der Waals surface area contributed by atoms with Crippen LogP contribution in [0.15, 0.2) is 65.8 Å². The molecule has 3 nitrogen and oxygen atoms in total. The number of anilines is 1. The van der Waals surface area contributed by atoms with Crippen LogP contribution in [0.5, 0.6) is 0 Å². The van der Waals surface area contributed by atoms with Gasteiger partial charge in [0.05, 0.1) is 0 Å². The predicted molar refractivity (Wildman–Crippen MR) is 96.1 cm³/mol. The summed E-state index contributed by atoms with van der Waals surface area (Å²) >= 11 is 0. The quantitative estimate of drug-likeness (QED) is 0.708. The minimum Gasteiger partial charge on any atom is -0.339 e. The fourth-order valence-corrected chi connectivity index (χ4v) is 3.12. The summed E-state index contributed by atoms with van der Waals surface area (Å²) in [6.07, 6.45) is 5.07. The number of aliphatic imine (C=N–C) groups is 1. The van der Waals surface area contributed by atoms with Gasteiger partial charge in [-0.1, -0.05) is 36.4 Å². The molecule has 0 radical (unpaired) electrons. The number of benzene rings is 2. The highest BCUT2D eigenvalue weighted by atomic mass is 15.0. The molecule has 1 aliphatic heterocycles. The Balaban J connectivity index is 1.40. The molecule has 1 aromatic heterocycles. The van der Waals surface area contributed by atoms with Gasteiger partial charge in [0.15, 0.2) is 0 Å². The second-order valence-corrected chi connectivity index (χ2v) is 5.84. The van der Waals surface area contributed by atoms with Gasteiger partial charge >= 0.3 is 0 Å². The molecule has 0 aliphatic carbocycles. The number of amidine groups is 1. The lowest BCUT2D eigenvalue weighted by molar-refractivity contribution is 0.733. The van der Waals surface area contributed by atoms with Crippen LogP contribution in [0.1, 0.15) is 24.1 Å². The molecule has 0 spiro atoms. The summed E-state index contributed by atoms with van der Waals surface area (Å²) in [7, 11) is 0. The van der Waals surface area contributed by atoms with Gasteiger partial charge in [0.25, 0.3) is 0 Å². The molecule has 2 heterocycles. The molecule has 2 aromatic carbocycles. The molecule has 23 heavy (non-hydrogen) atoms. The predicted octanol–water partition coefficient (Wildman–Crippen LogP) is 4.43. The maximum Gasteiger partial charge on any atom is 0.133 e. The number of aryl methyl sites for hydroxylation is 1. The van der Waals surface area contributed by atoms with E-state index in [-0.39, 0.29) is 0 Å². The lowest BCUT2D eigenvalue weighted by Crippen LogP contribution is -2.08. The zero-order valence-corrected chi connectivity index (χ0v) is 13.0. The highest BCUT2D eigenvalue weighted by molar-refractivity contribution is 6.25. The average molecular weight is 301 g/mol. The summed E-state index contributed by atoms with van der Waals surface area (Å²) in [5, 5.41) is 6.02. The summed E-state index contributed by atoms with van der Waals surface area (Å²) in [5.74, 6) is 1.01. The fraction of sp³-hybridized carbons (Fsp3) is 0.200. The van der Waals surface area contributed by atoms with Gasteiger partial charge in [0.2, 0.25) is 0 Å². The Hall–Kier alpha value is -2.68. The van der Waals surface area contributed by atoms with Gasteiger partial charge in [-0.15, -0.1) is 0 Å². The van der Waals surface area contributed by atoms with Gasteiger partial charge in [-0.05, 0) is 42.8 Å². The number of hydrogen-bond donors (Lipinski definition) is 1. The molecule has 0 bridgehead atoms. The summed E-state index contributed by atoms with van der Waals surface area (Å²) in [4.78, 5) is 9.14. The molecule has 0 saturated carbocycles. The van der Waals surface area contributed by atoms with Crippen molar-refractivity contribution in [2.45, 2.75) is 19.3 Å². The van der Waals surface area contributed by atoms with Crippen LogP contribution in [-0.4, -0.2) is 17.4 Å². The van der Waals surface area contributed by atoms with E-state index in [1.165, 1.54) is 22.0 Å². The van der Waals surface area contributed by atoms with Gasteiger partial charge in [-0.25, -0.2) is 0 Å². The summed E-state index contributed by atoms with van der Waals surface area (Å²) in [6.45, 7) is 0.847. The normalized spacial score (nSPS) is 14.3. The van der Waals surface area contributed by atoms with E-state index in [0.29, 0.717) is 0 Å². The van der Waals surface area contributed by atoms with Crippen molar-refractivity contribution in [2.24, 2.45) is 4.99 Å². The third kappa shape index (κ3) is 2.82. The zero-order valence-electron chi connectivity index (χ0n) is 13.0. The minimum absolute atomic E-state index is 0.847. The van der Waals surface area contributed by atoms with Gasteiger partial charge in [0.1, 0.15) is 5.84 Å². The third-order valence-corrected chi connectivity index (χ3v) is 4.25. The number of unbranched alkanes of at least 4 members (excludes halogenated alkanes) is 1. The zero-order chi connectivity index (χ0) is 15.5. The molecule has 114 valence electrons. The van der Waals surface area contributed by atoms with E-state index in [9.17, 15) is 0 Å². The van der Waals surface area contributed by atoms with E-state index in [4.69, 9.17) is 4.99 Å². The second-order valence-electron chi connectivity index (χ2n) is 5.84. The standard InChI is InChI=1S/C20H19N3/c1-3-13-21-16(9-1)10-2-4-14-22-20-17-11-5-7-15-8-6-12-18(23-20)19(15)17/h1,3,5-9,11-13H,2,4,10,14H2,(H,22,23). The van der Waals surface area contributed by atoms with Crippen molar-refractivity contribution in [3.8, 4) is 0 Å². The first kappa shape index (κ1) is 13.9. The lowest BCUT2D eigenvalue weighted by atomic mass is 10.1. The van der Waals surface area contributed by atoms with E-state index in [0.717, 1.165) is 37.3 Å². The molecule has 3 heteroatoms. The van der Waals surface area contributed by atoms with Gasteiger partial charge < -0.3 is 5.32 Å². The summed E-state index contributed by atoms with van der Waals surface area (Å²) in [6, 6.07) is 18.9. The Labute approximate surface area is 136 Å². The van der Waals surface area contributed by atoms with Crippen molar-refractivity contribution >= 4 is 22.3 Å². The first-order valence-corrected chi connectivity index (χ1v) is 8.15. The molecule has 4 rings (SSSR count). The Morgan fingerprint density at radius 1 is 0.913 bits per heavy atom. The number of rotatable bonds is 5. The van der Waals surface area contributed by atoms with E-state index < -0.39 is 0 Å².